The van der Waals surface area contributed by atoms with Crippen LogP contribution < -0.4 is 9.80 Å². The van der Waals surface area contributed by atoms with E-state index in [-0.39, 0.29) is 30.1 Å². The Kier molecular flexibility index (Phi) is 9.84. The number of methoxy groups -OCH3 is 1. The Morgan fingerprint density at radius 3 is 2.27 bits per heavy atom. The van der Waals surface area contributed by atoms with Gasteiger partial charge in [0.15, 0.2) is 0 Å². The van der Waals surface area contributed by atoms with Gasteiger partial charge in [0.2, 0.25) is 0 Å². The summed E-state index contributed by atoms with van der Waals surface area (Å²) in [7, 11) is 2.96. The predicted octanol–water partition coefficient (Wildman–Crippen LogP) is 7.30. The van der Waals surface area contributed by atoms with Crippen molar-refractivity contribution >= 4 is 17.6 Å². The third kappa shape index (κ3) is 7.65. The van der Waals surface area contributed by atoms with E-state index in [0.29, 0.717) is 44.3 Å². The maximum absolute atomic E-state index is 13.8. The Hall–Kier alpha value is -3.88. The third-order valence-electron chi connectivity index (χ3n) is 10.1. The monoisotopic (exact) mass is 694 g/mol. The van der Waals surface area contributed by atoms with Gasteiger partial charge < -0.3 is 19.3 Å². The third-order valence-corrected chi connectivity index (χ3v) is 10.1. The van der Waals surface area contributed by atoms with E-state index < -0.39 is 29.5 Å². The number of anilines is 2. The molecule has 6 rings (SSSR count). The standard InChI is InChI=1S/C34H40F6N6O3/c1-20-28-19-49-18-24(28)14-27-29(5-4-10-45(31(20)27)16-22-8-6-21(7-9-22)13-30(47)48-3)46(32-41-43-44(2)42-32)17-23-11-25(33(35,36)37)15-26(12-23)34(38,39)40/h11-12,14-15,21-22,29H,4-10,13,16-19H2,1-3H3. The van der Waals surface area contributed by atoms with E-state index in [0.717, 1.165) is 78.8 Å². The molecule has 1 aliphatic carbocycles. The zero-order valence-electron chi connectivity index (χ0n) is 27.7. The predicted molar refractivity (Wildman–Crippen MR) is 167 cm³/mol. The molecule has 266 valence electrons. The molecule has 1 atom stereocenters. The van der Waals surface area contributed by atoms with Crippen LogP contribution in [0.5, 0.6) is 0 Å². The second kappa shape index (κ2) is 13.8. The van der Waals surface area contributed by atoms with Crippen LogP contribution in [0.2, 0.25) is 0 Å². The number of aromatic nitrogens is 4. The molecule has 3 aromatic rings. The first kappa shape index (κ1) is 35.0. The van der Waals surface area contributed by atoms with Gasteiger partial charge in [-0.1, -0.05) is 5.10 Å². The molecule has 1 unspecified atom stereocenters. The first-order chi connectivity index (χ1) is 23.2. The summed E-state index contributed by atoms with van der Waals surface area (Å²) in [6, 6.07) is 3.27. The van der Waals surface area contributed by atoms with Crippen molar-refractivity contribution in [2.24, 2.45) is 18.9 Å². The number of aryl methyl sites for hydroxylation is 1. The lowest BCUT2D eigenvalue weighted by molar-refractivity contribution is -0.143. The molecule has 15 heteroatoms. The molecule has 3 heterocycles. The van der Waals surface area contributed by atoms with Gasteiger partial charge in [0, 0.05) is 31.7 Å². The molecule has 0 amide bonds. The molecule has 2 aliphatic heterocycles. The topological polar surface area (TPSA) is 85.6 Å². The summed E-state index contributed by atoms with van der Waals surface area (Å²) in [5, 5.41) is 12.5. The fourth-order valence-corrected chi connectivity index (χ4v) is 7.72. The van der Waals surface area contributed by atoms with Crippen LogP contribution in [0.1, 0.15) is 89.9 Å². The second-order valence-corrected chi connectivity index (χ2v) is 13.5. The second-order valence-electron chi connectivity index (χ2n) is 13.5. The number of hydrogen-bond acceptors (Lipinski definition) is 8. The van der Waals surface area contributed by atoms with Crippen molar-refractivity contribution < 1.29 is 40.6 Å². The van der Waals surface area contributed by atoms with E-state index in [4.69, 9.17) is 9.47 Å². The molecule has 2 aromatic carbocycles. The Balaban J connectivity index is 1.38. The summed E-state index contributed by atoms with van der Waals surface area (Å²) < 4.78 is 93.8. The number of nitrogens with zero attached hydrogens (tertiary/aromatic N) is 6. The highest BCUT2D eigenvalue weighted by atomic mass is 19.4. The number of carbonyl (C=O) groups is 1. The molecule has 49 heavy (non-hydrogen) atoms. The fourth-order valence-electron chi connectivity index (χ4n) is 7.72. The highest BCUT2D eigenvalue weighted by Crippen LogP contribution is 2.46. The number of alkyl halides is 6. The molecular formula is C34H40F6N6O3. The van der Waals surface area contributed by atoms with Crippen LogP contribution in [0.4, 0.5) is 38.0 Å². The van der Waals surface area contributed by atoms with Gasteiger partial charge in [-0.05, 0) is 115 Å². The van der Waals surface area contributed by atoms with Gasteiger partial charge in [0.25, 0.3) is 5.95 Å². The minimum atomic E-state index is -4.98. The van der Waals surface area contributed by atoms with E-state index in [2.05, 4.69) is 33.3 Å². The average Bonchev–Trinajstić information content (AvgIpc) is 3.66. The Labute approximate surface area is 280 Å². The lowest BCUT2D eigenvalue weighted by Crippen LogP contribution is -2.34. The van der Waals surface area contributed by atoms with Gasteiger partial charge >= 0.3 is 18.3 Å². The van der Waals surface area contributed by atoms with Gasteiger partial charge in [0.05, 0.1) is 44.5 Å². The van der Waals surface area contributed by atoms with Crippen molar-refractivity contribution in [2.75, 3.05) is 30.0 Å². The summed E-state index contributed by atoms with van der Waals surface area (Å²) in [4.78, 5) is 17.1. The molecule has 0 spiro atoms. The van der Waals surface area contributed by atoms with Gasteiger partial charge in [-0.15, -0.1) is 5.10 Å². The van der Waals surface area contributed by atoms with Crippen LogP contribution in [-0.2, 0) is 53.4 Å². The molecule has 3 aliphatic rings. The molecule has 1 saturated carbocycles. The highest BCUT2D eigenvalue weighted by Gasteiger charge is 2.39. The van der Waals surface area contributed by atoms with Crippen molar-refractivity contribution in [3.05, 3.63) is 63.2 Å². The van der Waals surface area contributed by atoms with Crippen molar-refractivity contribution in [3.63, 3.8) is 0 Å². The lowest BCUT2D eigenvalue weighted by atomic mass is 9.80. The van der Waals surface area contributed by atoms with Crippen LogP contribution in [-0.4, -0.2) is 46.4 Å². The zero-order chi connectivity index (χ0) is 35.1. The quantitative estimate of drug-likeness (QED) is 0.180. The zero-order valence-corrected chi connectivity index (χ0v) is 27.7. The van der Waals surface area contributed by atoms with Crippen molar-refractivity contribution in [1.82, 2.24) is 20.2 Å². The molecule has 1 aromatic heterocycles. The number of rotatable bonds is 8. The summed E-state index contributed by atoms with van der Waals surface area (Å²) in [6.07, 6.45) is -4.46. The molecule has 9 nitrogen and oxygen atoms in total. The van der Waals surface area contributed by atoms with Gasteiger partial charge in [-0.25, -0.2) is 0 Å². The van der Waals surface area contributed by atoms with Crippen LogP contribution in [0.15, 0.2) is 24.3 Å². The van der Waals surface area contributed by atoms with Crippen LogP contribution in [0.3, 0.4) is 0 Å². The van der Waals surface area contributed by atoms with Gasteiger partial charge in [-0.2, -0.15) is 31.1 Å². The van der Waals surface area contributed by atoms with E-state index in [9.17, 15) is 31.1 Å². The number of tetrazole rings is 1. The Morgan fingerprint density at radius 2 is 1.65 bits per heavy atom. The van der Waals surface area contributed by atoms with Crippen LogP contribution in [0.25, 0.3) is 0 Å². The number of hydrogen-bond donors (Lipinski definition) is 0. The normalized spacial score (nSPS) is 21.2. The van der Waals surface area contributed by atoms with Crippen molar-refractivity contribution in [1.29, 1.82) is 0 Å². The summed E-state index contributed by atoms with van der Waals surface area (Å²) in [5.41, 5.74) is 2.18. The van der Waals surface area contributed by atoms with E-state index in [1.54, 1.807) is 11.9 Å². The maximum Gasteiger partial charge on any atom is 0.416 e. The van der Waals surface area contributed by atoms with Crippen molar-refractivity contribution in [3.8, 4) is 0 Å². The Bertz CT molecular complexity index is 1630. The first-order valence-electron chi connectivity index (χ1n) is 16.5. The molecule has 0 radical (unpaired) electrons. The smallest absolute Gasteiger partial charge is 0.416 e. The number of carbonyl (C=O) groups excluding carboxylic acids is 1. The number of ether oxygens (including phenoxy) is 2. The van der Waals surface area contributed by atoms with E-state index in [1.165, 1.54) is 11.9 Å². The first-order valence-corrected chi connectivity index (χ1v) is 16.5. The van der Waals surface area contributed by atoms with Gasteiger partial charge in [0.1, 0.15) is 0 Å². The fraction of sp³-hybridized carbons (Fsp3) is 0.588. The number of benzene rings is 2. The highest BCUT2D eigenvalue weighted by molar-refractivity contribution is 5.69. The van der Waals surface area contributed by atoms with Crippen LogP contribution >= 0.6 is 0 Å². The molecule has 0 bridgehead atoms. The molecule has 0 saturated heterocycles. The Morgan fingerprint density at radius 1 is 0.980 bits per heavy atom. The van der Waals surface area contributed by atoms with Crippen LogP contribution in [0, 0.1) is 18.8 Å². The molecular weight excluding hydrogens is 654 g/mol. The summed E-state index contributed by atoms with van der Waals surface area (Å²) in [5.74, 6) is 0.611. The number of fused-ring (bicyclic) bond motifs is 2. The summed E-state index contributed by atoms with van der Waals surface area (Å²) >= 11 is 0. The van der Waals surface area contributed by atoms with Gasteiger partial charge in [-0.3, -0.25) is 4.79 Å². The minimum Gasteiger partial charge on any atom is -0.469 e. The number of esters is 1. The summed E-state index contributed by atoms with van der Waals surface area (Å²) in [6.45, 7) is 4.13. The molecule has 0 N–H and O–H groups in total. The SMILES string of the molecule is COC(=O)CC1CCC(CN2CCCC(N(Cc3cc(C(F)(F)F)cc(C(F)(F)F)c3)c3nnn(C)n3)c3cc4c(c(C)c32)COC4)CC1. The maximum atomic E-state index is 13.8. The minimum absolute atomic E-state index is 0.108. The molecule has 1 fully saturated rings. The lowest BCUT2D eigenvalue weighted by Gasteiger charge is -2.36. The average molecular weight is 695 g/mol. The van der Waals surface area contributed by atoms with Crippen molar-refractivity contribution in [2.45, 2.75) is 90.0 Å². The van der Waals surface area contributed by atoms with E-state index in [1.807, 2.05) is 0 Å². The largest absolute Gasteiger partial charge is 0.469 e. The van der Waals surface area contributed by atoms with E-state index >= 15 is 0 Å². The number of halogens is 6.